The normalized spacial score (nSPS) is 10.7. The number of carbonyl (C=O) groups is 1. The zero-order valence-corrected chi connectivity index (χ0v) is 13.8. The first-order valence-electron chi connectivity index (χ1n) is 7.08. The number of carbonyl (C=O) groups excluding carboxylic acids is 1. The van der Waals surface area contributed by atoms with Gasteiger partial charge in [0.1, 0.15) is 0 Å². The molecule has 0 radical (unpaired) electrons. The molecule has 0 aliphatic heterocycles. The Labute approximate surface area is 130 Å². The summed E-state index contributed by atoms with van der Waals surface area (Å²) in [5.74, 6) is 0.482. The zero-order chi connectivity index (χ0) is 15.4. The van der Waals surface area contributed by atoms with Crippen LogP contribution in [0.25, 0.3) is 0 Å². The number of nitrogens with zero attached hydrogens (tertiary/aromatic N) is 2. The number of benzene rings is 1. The quantitative estimate of drug-likeness (QED) is 0.476. The van der Waals surface area contributed by atoms with E-state index in [9.17, 15) is 4.79 Å². The second kappa shape index (κ2) is 6.85. The van der Waals surface area contributed by atoms with Crippen molar-refractivity contribution in [3.63, 3.8) is 0 Å². The fourth-order valence-corrected chi connectivity index (χ4v) is 2.78. The van der Waals surface area contributed by atoms with Crippen LogP contribution in [0.3, 0.4) is 0 Å². The topological polar surface area (TPSA) is 42.9 Å². The Hall–Kier alpha value is -1.68. The van der Waals surface area contributed by atoms with E-state index in [-0.39, 0.29) is 5.78 Å². The molecule has 1 aromatic heterocycles. The van der Waals surface area contributed by atoms with Gasteiger partial charge >= 0.3 is 0 Å². The van der Waals surface area contributed by atoms with Gasteiger partial charge in [-0.25, -0.2) is 9.97 Å². The number of ketones is 1. The summed E-state index contributed by atoms with van der Waals surface area (Å²) in [7, 11) is 0. The summed E-state index contributed by atoms with van der Waals surface area (Å²) < 4.78 is 0. The smallest absolute Gasteiger partial charge is 0.188 e. The third-order valence-corrected chi connectivity index (χ3v) is 4.48. The molecule has 1 aromatic carbocycles. The molecular formula is C17H20N2OS. The Kier molecular flexibility index (Phi) is 5.12. The van der Waals surface area contributed by atoms with Gasteiger partial charge in [0, 0.05) is 17.0 Å². The highest BCUT2D eigenvalue weighted by atomic mass is 32.2. The molecule has 2 aromatic rings. The van der Waals surface area contributed by atoms with Crippen molar-refractivity contribution in [1.29, 1.82) is 0 Å². The maximum Gasteiger partial charge on any atom is 0.188 e. The molecule has 3 nitrogen and oxygen atoms in total. The number of rotatable bonds is 5. The van der Waals surface area contributed by atoms with E-state index in [1.54, 1.807) is 0 Å². The summed E-state index contributed by atoms with van der Waals surface area (Å²) >= 11 is 1.40. The van der Waals surface area contributed by atoms with Crippen molar-refractivity contribution in [3.8, 4) is 0 Å². The summed E-state index contributed by atoms with van der Waals surface area (Å²) in [6.45, 7) is 8.06. The third kappa shape index (κ3) is 3.91. The van der Waals surface area contributed by atoms with Gasteiger partial charge in [-0.05, 0) is 38.3 Å². The molecule has 0 N–H and O–H groups in total. The minimum Gasteiger partial charge on any atom is -0.293 e. The molecule has 0 aliphatic rings. The average molecular weight is 300 g/mol. The highest BCUT2D eigenvalue weighted by Crippen LogP contribution is 2.18. The van der Waals surface area contributed by atoms with E-state index in [0.29, 0.717) is 10.9 Å². The van der Waals surface area contributed by atoms with Gasteiger partial charge < -0.3 is 0 Å². The summed E-state index contributed by atoms with van der Waals surface area (Å²) in [5, 5.41) is 0.675. The molecule has 1 heterocycles. The van der Waals surface area contributed by atoms with Crippen molar-refractivity contribution in [1.82, 2.24) is 9.97 Å². The molecule has 2 rings (SSSR count). The average Bonchev–Trinajstić information content (AvgIpc) is 2.50. The number of aryl methyl sites for hydroxylation is 3. The van der Waals surface area contributed by atoms with Gasteiger partial charge in [0.2, 0.25) is 0 Å². The number of hydrogen-bond donors (Lipinski definition) is 0. The zero-order valence-electron chi connectivity index (χ0n) is 12.9. The largest absolute Gasteiger partial charge is 0.293 e. The van der Waals surface area contributed by atoms with Crippen LogP contribution in [0.5, 0.6) is 0 Å². The predicted molar refractivity (Wildman–Crippen MR) is 87.1 cm³/mol. The van der Waals surface area contributed by atoms with E-state index in [2.05, 4.69) is 16.9 Å². The van der Waals surface area contributed by atoms with Crippen molar-refractivity contribution >= 4 is 17.5 Å². The number of aromatic nitrogens is 2. The summed E-state index contributed by atoms with van der Waals surface area (Å²) in [5.41, 5.74) is 5.06. The lowest BCUT2D eigenvalue weighted by molar-refractivity contribution is 0.102. The van der Waals surface area contributed by atoms with Gasteiger partial charge in [0.05, 0.1) is 5.75 Å². The van der Waals surface area contributed by atoms with Crippen molar-refractivity contribution in [2.45, 2.75) is 39.3 Å². The summed E-state index contributed by atoms with van der Waals surface area (Å²) in [6, 6.07) is 7.81. The predicted octanol–water partition coefficient (Wildman–Crippen LogP) is 3.94. The fraction of sp³-hybridized carbons (Fsp3) is 0.353. The van der Waals surface area contributed by atoms with Crippen LogP contribution in [0.15, 0.2) is 29.4 Å². The van der Waals surface area contributed by atoms with Crippen LogP contribution in [0.4, 0.5) is 0 Å². The number of hydrogen-bond acceptors (Lipinski definition) is 4. The standard InChI is InChI=1S/C17H20N2OS/c1-5-14-6-8-15(9-7-14)16(20)10-21-17-18-12(3)11(2)13(4)19-17/h6-9H,5,10H2,1-4H3. The van der Waals surface area contributed by atoms with Crippen LogP contribution in [0.2, 0.25) is 0 Å². The van der Waals surface area contributed by atoms with Gasteiger partial charge in [-0.15, -0.1) is 0 Å². The van der Waals surface area contributed by atoms with Gasteiger partial charge in [-0.3, -0.25) is 4.79 Å². The molecule has 0 saturated carbocycles. The molecule has 4 heteroatoms. The van der Waals surface area contributed by atoms with Gasteiger partial charge in [-0.1, -0.05) is 43.0 Å². The van der Waals surface area contributed by atoms with Gasteiger partial charge in [0.15, 0.2) is 10.9 Å². The number of Topliss-reactive ketones (excluding diaryl/α,β-unsaturated/α-hetero) is 1. The lowest BCUT2D eigenvalue weighted by Crippen LogP contribution is -2.04. The first kappa shape index (κ1) is 15.7. The molecule has 0 unspecified atom stereocenters. The van der Waals surface area contributed by atoms with E-state index in [4.69, 9.17) is 0 Å². The van der Waals surface area contributed by atoms with E-state index >= 15 is 0 Å². The molecule has 0 aliphatic carbocycles. The Morgan fingerprint density at radius 3 is 2.14 bits per heavy atom. The third-order valence-electron chi connectivity index (χ3n) is 3.63. The van der Waals surface area contributed by atoms with E-state index in [1.807, 2.05) is 45.0 Å². The van der Waals surface area contributed by atoms with Crippen LogP contribution in [0.1, 0.15) is 39.8 Å². The monoisotopic (exact) mass is 300 g/mol. The Morgan fingerprint density at radius 1 is 1.05 bits per heavy atom. The van der Waals surface area contributed by atoms with Crippen LogP contribution in [-0.2, 0) is 6.42 Å². The maximum absolute atomic E-state index is 12.2. The van der Waals surface area contributed by atoms with Crippen molar-refractivity contribution in [2.24, 2.45) is 0 Å². The van der Waals surface area contributed by atoms with Crippen molar-refractivity contribution in [2.75, 3.05) is 5.75 Å². The minimum absolute atomic E-state index is 0.113. The van der Waals surface area contributed by atoms with Crippen LogP contribution < -0.4 is 0 Å². The fourth-order valence-electron chi connectivity index (χ4n) is 1.95. The molecular weight excluding hydrogens is 280 g/mol. The van der Waals surface area contributed by atoms with Crippen LogP contribution in [-0.4, -0.2) is 21.5 Å². The highest BCUT2D eigenvalue weighted by Gasteiger charge is 2.10. The van der Waals surface area contributed by atoms with E-state index in [0.717, 1.165) is 28.9 Å². The van der Waals surface area contributed by atoms with Crippen LogP contribution in [0, 0.1) is 20.8 Å². The lowest BCUT2D eigenvalue weighted by Gasteiger charge is -2.06. The van der Waals surface area contributed by atoms with Gasteiger partial charge in [-0.2, -0.15) is 0 Å². The SMILES string of the molecule is CCc1ccc(C(=O)CSc2nc(C)c(C)c(C)n2)cc1. The Balaban J connectivity index is 2.03. The van der Waals surface area contributed by atoms with Gasteiger partial charge in [0.25, 0.3) is 0 Å². The second-order valence-electron chi connectivity index (χ2n) is 5.06. The molecule has 0 fully saturated rings. The lowest BCUT2D eigenvalue weighted by atomic mass is 10.1. The van der Waals surface area contributed by atoms with Crippen molar-refractivity contribution in [3.05, 3.63) is 52.3 Å². The Bertz CT molecular complexity index is 627. The number of thioether (sulfide) groups is 1. The second-order valence-corrected chi connectivity index (χ2v) is 6.01. The van der Waals surface area contributed by atoms with E-state index in [1.165, 1.54) is 17.3 Å². The minimum atomic E-state index is 0.113. The molecule has 21 heavy (non-hydrogen) atoms. The first-order valence-corrected chi connectivity index (χ1v) is 8.06. The molecule has 0 spiro atoms. The van der Waals surface area contributed by atoms with E-state index < -0.39 is 0 Å². The molecule has 0 atom stereocenters. The first-order chi connectivity index (χ1) is 10.0. The molecule has 0 amide bonds. The highest BCUT2D eigenvalue weighted by molar-refractivity contribution is 7.99. The molecule has 0 saturated heterocycles. The summed E-state index contributed by atoms with van der Waals surface area (Å²) in [4.78, 5) is 21.0. The molecule has 110 valence electrons. The maximum atomic E-state index is 12.2. The molecule has 0 bridgehead atoms. The van der Waals surface area contributed by atoms with Crippen LogP contribution >= 0.6 is 11.8 Å². The summed E-state index contributed by atoms with van der Waals surface area (Å²) in [6.07, 6.45) is 0.985. The Morgan fingerprint density at radius 2 is 1.62 bits per heavy atom. The van der Waals surface area contributed by atoms with Crippen molar-refractivity contribution < 1.29 is 4.79 Å².